The highest BCUT2D eigenvalue weighted by molar-refractivity contribution is 5.89. The number of hydrogen-bond acceptors (Lipinski definition) is 6. The predicted molar refractivity (Wildman–Crippen MR) is 117 cm³/mol. The molecule has 7 nitrogen and oxygen atoms in total. The van der Waals surface area contributed by atoms with Crippen LogP contribution in [0, 0.1) is 13.8 Å². The number of aromatic nitrogens is 3. The minimum absolute atomic E-state index is 0.255. The van der Waals surface area contributed by atoms with Gasteiger partial charge in [0.2, 0.25) is 5.88 Å². The molecule has 158 valence electrons. The molecule has 4 rings (SSSR count). The van der Waals surface area contributed by atoms with Crippen LogP contribution >= 0.6 is 0 Å². The number of aryl methyl sites for hydroxylation is 3. The molecule has 4 aromatic rings. The molecule has 0 unspecified atom stereocenters. The highest BCUT2D eigenvalue weighted by Crippen LogP contribution is 2.26. The van der Waals surface area contributed by atoms with Gasteiger partial charge in [-0.15, -0.1) is 0 Å². The molecule has 0 aliphatic heterocycles. The van der Waals surface area contributed by atoms with Gasteiger partial charge in [0, 0.05) is 24.9 Å². The fourth-order valence-corrected chi connectivity index (χ4v) is 3.18. The van der Waals surface area contributed by atoms with Gasteiger partial charge in [-0.25, -0.2) is 14.8 Å². The van der Waals surface area contributed by atoms with E-state index in [0.717, 1.165) is 28.1 Å². The standard InChI is InChI=1S/C24H23N3O4/c1-15-8-11-23(25-16(15)2)31-19-9-10-20-21(13-19)27(3)22(26-20)14-30-18-7-5-6-17(12-18)24(28)29-4/h5-13H,14H2,1-4H3. The average molecular weight is 417 g/mol. The number of carbonyl (C=O) groups excluding carboxylic acids is 1. The maximum absolute atomic E-state index is 11.7. The van der Waals surface area contributed by atoms with Crippen molar-refractivity contribution >= 4 is 17.0 Å². The van der Waals surface area contributed by atoms with Crippen molar-refractivity contribution in [2.75, 3.05) is 7.11 Å². The summed E-state index contributed by atoms with van der Waals surface area (Å²) in [6.45, 7) is 4.23. The van der Waals surface area contributed by atoms with E-state index in [-0.39, 0.29) is 6.61 Å². The Morgan fingerprint density at radius 3 is 2.61 bits per heavy atom. The lowest BCUT2D eigenvalue weighted by Crippen LogP contribution is -2.05. The smallest absolute Gasteiger partial charge is 0.337 e. The largest absolute Gasteiger partial charge is 0.486 e. The summed E-state index contributed by atoms with van der Waals surface area (Å²) in [4.78, 5) is 20.8. The van der Waals surface area contributed by atoms with Gasteiger partial charge in [-0.3, -0.25) is 0 Å². The fraction of sp³-hybridized carbons (Fsp3) is 0.208. The number of imidazole rings is 1. The number of carbonyl (C=O) groups is 1. The van der Waals surface area contributed by atoms with Gasteiger partial charge in [0.15, 0.2) is 0 Å². The third-order valence-corrected chi connectivity index (χ3v) is 5.11. The Morgan fingerprint density at radius 2 is 1.84 bits per heavy atom. The first kappa shape index (κ1) is 20.4. The molecule has 0 radical (unpaired) electrons. The molecular weight excluding hydrogens is 394 g/mol. The second kappa shape index (κ2) is 8.47. The van der Waals surface area contributed by atoms with E-state index < -0.39 is 5.97 Å². The molecule has 0 aliphatic carbocycles. The number of methoxy groups -OCH3 is 1. The Hall–Kier alpha value is -3.87. The number of esters is 1. The van der Waals surface area contributed by atoms with Crippen LogP contribution in [0.2, 0.25) is 0 Å². The molecule has 0 N–H and O–H groups in total. The lowest BCUT2D eigenvalue weighted by atomic mass is 10.2. The highest BCUT2D eigenvalue weighted by Gasteiger charge is 2.12. The molecule has 0 spiro atoms. The summed E-state index contributed by atoms with van der Waals surface area (Å²) in [5.41, 5.74) is 4.26. The third-order valence-electron chi connectivity index (χ3n) is 5.11. The summed E-state index contributed by atoms with van der Waals surface area (Å²) in [6, 6.07) is 16.4. The Labute approximate surface area is 180 Å². The summed E-state index contributed by atoms with van der Waals surface area (Å²) < 4.78 is 18.5. The van der Waals surface area contributed by atoms with E-state index in [2.05, 4.69) is 9.97 Å². The molecule has 2 aromatic carbocycles. The van der Waals surface area contributed by atoms with Gasteiger partial charge in [-0.2, -0.15) is 0 Å². The normalized spacial score (nSPS) is 10.8. The first-order valence-corrected chi connectivity index (χ1v) is 9.83. The van der Waals surface area contributed by atoms with Crippen LogP contribution in [-0.2, 0) is 18.4 Å². The lowest BCUT2D eigenvalue weighted by Gasteiger charge is -2.08. The Balaban J connectivity index is 1.53. The van der Waals surface area contributed by atoms with E-state index in [9.17, 15) is 4.79 Å². The Bertz CT molecular complexity index is 1260. The summed E-state index contributed by atoms with van der Waals surface area (Å²) in [5.74, 6) is 2.15. The van der Waals surface area contributed by atoms with Crippen LogP contribution in [0.25, 0.3) is 11.0 Å². The van der Waals surface area contributed by atoms with Crippen molar-refractivity contribution in [1.29, 1.82) is 0 Å². The van der Waals surface area contributed by atoms with E-state index in [0.29, 0.717) is 22.9 Å². The molecule has 0 saturated heterocycles. The van der Waals surface area contributed by atoms with Crippen LogP contribution in [0.1, 0.15) is 27.4 Å². The first-order chi connectivity index (χ1) is 14.9. The predicted octanol–water partition coefficient (Wildman–Crippen LogP) is 4.74. The molecule has 0 fully saturated rings. The van der Waals surface area contributed by atoms with Crippen molar-refractivity contribution in [2.24, 2.45) is 7.05 Å². The third kappa shape index (κ3) is 4.35. The SMILES string of the molecule is COC(=O)c1cccc(OCc2nc3ccc(Oc4ccc(C)c(C)n4)cc3n2C)c1. The second-order valence-electron chi connectivity index (χ2n) is 7.20. The maximum Gasteiger partial charge on any atom is 0.337 e. The van der Waals surface area contributed by atoms with Crippen molar-refractivity contribution in [3.05, 3.63) is 77.2 Å². The molecule has 7 heteroatoms. The fourth-order valence-electron chi connectivity index (χ4n) is 3.18. The number of rotatable bonds is 6. The van der Waals surface area contributed by atoms with Gasteiger partial charge in [0.1, 0.15) is 23.9 Å². The van der Waals surface area contributed by atoms with Crippen LogP contribution in [0.3, 0.4) is 0 Å². The number of nitrogens with zero attached hydrogens (tertiary/aromatic N) is 3. The van der Waals surface area contributed by atoms with Crippen LogP contribution in [0.5, 0.6) is 17.4 Å². The van der Waals surface area contributed by atoms with Crippen LogP contribution in [-0.4, -0.2) is 27.6 Å². The van der Waals surface area contributed by atoms with Gasteiger partial charge in [-0.1, -0.05) is 12.1 Å². The Morgan fingerprint density at radius 1 is 1.00 bits per heavy atom. The van der Waals surface area contributed by atoms with E-state index in [1.807, 2.05) is 55.8 Å². The molecule has 0 saturated carbocycles. The first-order valence-electron chi connectivity index (χ1n) is 9.83. The second-order valence-corrected chi connectivity index (χ2v) is 7.20. The zero-order chi connectivity index (χ0) is 22.0. The van der Waals surface area contributed by atoms with E-state index in [1.165, 1.54) is 7.11 Å². The van der Waals surface area contributed by atoms with Crippen LogP contribution < -0.4 is 9.47 Å². The molecule has 0 atom stereocenters. The minimum Gasteiger partial charge on any atom is -0.486 e. The monoisotopic (exact) mass is 417 g/mol. The van der Waals surface area contributed by atoms with Gasteiger partial charge in [-0.05, 0) is 49.7 Å². The van der Waals surface area contributed by atoms with E-state index in [4.69, 9.17) is 14.2 Å². The van der Waals surface area contributed by atoms with Gasteiger partial charge in [0.25, 0.3) is 0 Å². The highest BCUT2D eigenvalue weighted by atomic mass is 16.5. The van der Waals surface area contributed by atoms with Crippen LogP contribution in [0.15, 0.2) is 54.6 Å². The van der Waals surface area contributed by atoms with Gasteiger partial charge in [0.05, 0.1) is 23.7 Å². The molecule has 31 heavy (non-hydrogen) atoms. The van der Waals surface area contributed by atoms with Crippen molar-refractivity contribution < 1.29 is 19.0 Å². The molecule has 0 bridgehead atoms. The zero-order valence-electron chi connectivity index (χ0n) is 17.9. The van der Waals surface area contributed by atoms with E-state index in [1.54, 1.807) is 24.3 Å². The lowest BCUT2D eigenvalue weighted by molar-refractivity contribution is 0.0600. The quantitative estimate of drug-likeness (QED) is 0.422. The summed E-state index contributed by atoms with van der Waals surface area (Å²) in [5, 5.41) is 0. The van der Waals surface area contributed by atoms with Gasteiger partial charge >= 0.3 is 5.97 Å². The molecule has 2 aromatic heterocycles. The maximum atomic E-state index is 11.7. The number of hydrogen-bond donors (Lipinski definition) is 0. The summed E-state index contributed by atoms with van der Waals surface area (Å²) >= 11 is 0. The Kier molecular flexibility index (Phi) is 5.58. The van der Waals surface area contributed by atoms with Crippen molar-refractivity contribution in [3.8, 4) is 17.4 Å². The number of pyridine rings is 1. The van der Waals surface area contributed by atoms with Crippen molar-refractivity contribution in [2.45, 2.75) is 20.5 Å². The average Bonchev–Trinajstić information content (AvgIpc) is 3.09. The van der Waals surface area contributed by atoms with E-state index >= 15 is 0 Å². The summed E-state index contributed by atoms with van der Waals surface area (Å²) in [6.07, 6.45) is 0. The molecule has 0 amide bonds. The topological polar surface area (TPSA) is 75.5 Å². The number of fused-ring (bicyclic) bond motifs is 1. The minimum atomic E-state index is -0.404. The van der Waals surface area contributed by atoms with Crippen molar-refractivity contribution in [1.82, 2.24) is 14.5 Å². The van der Waals surface area contributed by atoms with Gasteiger partial charge < -0.3 is 18.8 Å². The number of benzene rings is 2. The summed E-state index contributed by atoms with van der Waals surface area (Å²) in [7, 11) is 3.28. The molecule has 2 heterocycles. The molecular formula is C24H23N3O4. The van der Waals surface area contributed by atoms with Crippen molar-refractivity contribution in [3.63, 3.8) is 0 Å². The molecule has 0 aliphatic rings. The van der Waals surface area contributed by atoms with Crippen LogP contribution in [0.4, 0.5) is 0 Å². The zero-order valence-corrected chi connectivity index (χ0v) is 17.9. The number of ether oxygens (including phenoxy) is 3.